The number of rotatable bonds is 4. The van der Waals surface area contributed by atoms with Gasteiger partial charge in [-0.2, -0.15) is 0 Å². The second-order valence-corrected chi connectivity index (χ2v) is 8.01. The van der Waals surface area contributed by atoms with E-state index in [4.69, 9.17) is 11.6 Å². The molecule has 0 atom stereocenters. The van der Waals surface area contributed by atoms with Gasteiger partial charge in [0.25, 0.3) is 5.69 Å². The van der Waals surface area contributed by atoms with Crippen molar-refractivity contribution < 1.29 is 4.92 Å². The highest BCUT2D eigenvalue weighted by Crippen LogP contribution is 2.35. The summed E-state index contributed by atoms with van der Waals surface area (Å²) in [7, 11) is 0. The molecule has 0 spiro atoms. The van der Waals surface area contributed by atoms with E-state index in [0.29, 0.717) is 26.6 Å². The van der Waals surface area contributed by atoms with Gasteiger partial charge in [0.15, 0.2) is 0 Å². The number of pyridine rings is 1. The number of nitro groups is 1. The lowest BCUT2D eigenvalue weighted by Crippen LogP contribution is -1.90. The van der Waals surface area contributed by atoms with Crippen molar-refractivity contribution in [2.24, 2.45) is 4.99 Å². The van der Waals surface area contributed by atoms with Crippen LogP contribution in [0.3, 0.4) is 0 Å². The third-order valence-corrected chi connectivity index (χ3v) is 5.97. The molecule has 0 aliphatic heterocycles. The van der Waals surface area contributed by atoms with Gasteiger partial charge in [-0.15, -0.1) is 11.3 Å². The summed E-state index contributed by atoms with van der Waals surface area (Å²) in [6.45, 7) is 0. The fraction of sp³-hybridized carbons (Fsp3) is 0. The maximum atomic E-state index is 11.1. The van der Waals surface area contributed by atoms with Gasteiger partial charge in [-0.3, -0.25) is 10.1 Å². The molecule has 5 aromatic rings. The van der Waals surface area contributed by atoms with Crippen molar-refractivity contribution in [1.29, 1.82) is 0 Å². The number of nitrogens with zero attached hydrogens (tertiary/aromatic N) is 4. The summed E-state index contributed by atoms with van der Waals surface area (Å²) in [6.07, 6.45) is 1.78. The van der Waals surface area contributed by atoms with Crippen LogP contribution in [0.15, 0.2) is 77.1 Å². The molecule has 8 heteroatoms. The van der Waals surface area contributed by atoms with E-state index in [-0.39, 0.29) is 5.69 Å². The Morgan fingerprint density at radius 2 is 1.71 bits per heavy atom. The lowest BCUT2D eigenvalue weighted by atomic mass is 10.1. The molecule has 0 saturated carbocycles. The van der Waals surface area contributed by atoms with Crippen LogP contribution in [0.4, 0.5) is 10.8 Å². The summed E-state index contributed by atoms with van der Waals surface area (Å²) in [5.74, 6) is 0. The third-order valence-electron chi connectivity index (χ3n) is 4.81. The van der Waals surface area contributed by atoms with E-state index in [1.807, 2.05) is 53.9 Å². The van der Waals surface area contributed by atoms with Crippen molar-refractivity contribution in [3.63, 3.8) is 0 Å². The zero-order valence-electron chi connectivity index (χ0n) is 15.9. The van der Waals surface area contributed by atoms with Crippen LogP contribution >= 0.6 is 22.9 Å². The van der Waals surface area contributed by atoms with E-state index >= 15 is 0 Å². The lowest BCUT2D eigenvalue weighted by Gasteiger charge is -2.07. The van der Waals surface area contributed by atoms with Gasteiger partial charge in [-0.1, -0.05) is 48.0 Å². The topological polar surface area (TPSA) is 81.3 Å². The average Bonchev–Trinajstić information content (AvgIpc) is 3.27. The molecule has 31 heavy (non-hydrogen) atoms. The number of hydrogen-bond donors (Lipinski definition) is 0. The summed E-state index contributed by atoms with van der Waals surface area (Å²) in [4.78, 5) is 24.3. The van der Waals surface area contributed by atoms with Crippen molar-refractivity contribution >= 4 is 61.8 Å². The molecule has 0 aliphatic rings. The Kier molecular flexibility index (Phi) is 4.89. The van der Waals surface area contributed by atoms with E-state index in [9.17, 15) is 10.1 Å². The molecule has 0 N–H and O–H groups in total. The maximum absolute atomic E-state index is 11.1. The Balaban J connectivity index is 1.54. The number of halogens is 1. The molecule has 3 aromatic carbocycles. The first kappa shape index (κ1) is 19.3. The van der Waals surface area contributed by atoms with Crippen molar-refractivity contribution in [3.8, 4) is 11.3 Å². The summed E-state index contributed by atoms with van der Waals surface area (Å²) in [5.41, 5.74) is 3.96. The van der Waals surface area contributed by atoms with Crippen LogP contribution in [-0.4, -0.2) is 21.1 Å². The number of nitro benzene ring substituents is 1. The molecule has 0 aliphatic carbocycles. The quantitative estimate of drug-likeness (QED) is 0.132. The SMILES string of the molecule is O=[N+]([O-])c1ccc2nc3ccc(-c4csc(/N=C/c5ccccc5)n4)cc3c(Cl)c2c1. The van der Waals surface area contributed by atoms with Crippen LogP contribution in [0, 0.1) is 10.1 Å². The van der Waals surface area contributed by atoms with E-state index in [1.165, 1.54) is 23.5 Å². The largest absolute Gasteiger partial charge is 0.270 e. The van der Waals surface area contributed by atoms with E-state index in [0.717, 1.165) is 22.2 Å². The predicted octanol–water partition coefficient (Wildman–Crippen LogP) is 6.82. The Labute approximate surface area is 185 Å². The van der Waals surface area contributed by atoms with E-state index < -0.39 is 4.92 Å². The normalized spacial score (nSPS) is 11.5. The molecule has 0 amide bonds. The van der Waals surface area contributed by atoms with Gasteiger partial charge in [0, 0.05) is 40.1 Å². The molecule has 0 radical (unpaired) electrons. The standard InChI is InChI=1S/C23H13ClN4O2S/c24-22-17-10-15(21-13-31-23(27-21)25-12-14-4-2-1-3-5-14)6-8-19(17)26-20-9-7-16(28(29)30)11-18(20)22/h1-13H/b25-12+. The predicted molar refractivity (Wildman–Crippen MR) is 126 cm³/mol. The van der Waals surface area contributed by atoms with Gasteiger partial charge in [-0.25, -0.2) is 15.0 Å². The van der Waals surface area contributed by atoms with Crippen molar-refractivity contribution in [3.05, 3.63) is 92.8 Å². The zero-order chi connectivity index (χ0) is 21.4. The monoisotopic (exact) mass is 444 g/mol. The van der Waals surface area contributed by atoms with Gasteiger partial charge in [-0.05, 0) is 23.8 Å². The fourth-order valence-electron chi connectivity index (χ4n) is 3.28. The first-order chi connectivity index (χ1) is 15.1. The minimum atomic E-state index is -0.441. The molecular formula is C23H13ClN4O2S. The molecule has 5 rings (SSSR count). The van der Waals surface area contributed by atoms with Crippen LogP contribution in [0.1, 0.15) is 5.56 Å². The van der Waals surface area contributed by atoms with Crippen molar-refractivity contribution in [2.45, 2.75) is 0 Å². The number of fused-ring (bicyclic) bond motifs is 2. The zero-order valence-corrected chi connectivity index (χ0v) is 17.5. The highest BCUT2D eigenvalue weighted by Gasteiger charge is 2.14. The molecule has 2 heterocycles. The molecule has 0 saturated heterocycles. The molecule has 2 aromatic heterocycles. The third kappa shape index (κ3) is 3.76. The number of thiazole rings is 1. The molecule has 6 nitrogen and oxygen atoms in total. The van der Waals surface area contributed by atoms with Crippen LogP contribution in [0.2, 0.25) is 5.02 Å². The van der Waals surface area contributed by atoms with Gasteiger partial charge < -0.3 is 0 Å². The van der Waals surface area contributed by atoms with E-state index in [1.54, 1.807) is 12.3 Å². The second kappa shape index (κ2) is 7.86. The lowest BCUT2D eigenvalue weighted by molar-refractivity contribution is -0.384. The summed E-state index contributed by atoms with van der Waals surface area (Å²) in [5, 5.41) is 15.4. The van der Waals surface area contributed by atoms with Crippen LogP contribution in [-0.2, 0) is 0 Å². The summed E-state index contributed by atoms with van der Waals surface area (Å²) >= 11 is 8.08. The first-order valence-corrected chi connectivity index (χ1v) is 10.6. The number of non-ortho nitro benzene ring substituents is 1. The van der Waals surface area contributed by atoms with Gasteiger partial charge in [0.2, 0.25) is 5.13 Å². The van der Waals surface area contributed by atoms with Gasteiger partial charge >= 0.3 is 0 Å². The maximum Gasteiger partial charge on any atom is 0.270 e. The highest BCUT2D eigenvalue weighted by atomic mass is 35.5. The Morgan fingerprint density at radius 3 is 2.48 bits per heavy atom. The highest BCUT2D eigenvalue weighted by molar-refractivity contribution is 7.13. The van der Waals surface area contributed by atoms with E-state index in [2.05, 4.69) is 15.0 Å². The number of hydrogen-bond acceptors (Lipinski definition) is 6. The molecular weight excluding hydrogens is 432 g/mol. The van der Waals surface area contributed by atoms with Crippen LogP contribution in [0.5, 0.6) is 0 Å². The Bertz CT molecular complexity index is 1480. The number of aliphatic imine (C=N–C) groups is 1. The second-order valence-electron chi connectivity index (χ2n) is 6.80. The Morgan fingerprint density at radius 1 is 0.968 bits per heavy atom. The van der Waals surface area contributed by atoms with Crippen LogP contribution in [0.25, 0.3) is 33.1 Å². The summed E-state index contributed by atoms with van der Waals surface area (Å²) < 4.78 is 0. The smallest absolute Gasteiger partial charge is 0.258 e. The fourth-order valence-corrected chi connectivity index (χ4v) is 4.25. The molecule has 0 fully saturated rings. The number of aromatic nitrogens is 2. The van der Waals surface area contributed by atoms with Gasteiger partial charge in [0.05, 0.1) is 26.7 Å². The number of benzene rings is 3. The summed E-state index contributed by atoms with van der Waals surface area (Å²) in [6, 6.07) is 20.0. The van der Waals surface area contributed by atoms with Crippen molar-refractivity contribution in [1.82, 2.24) is 9.97 Å². The average molecular weight is 445 g/mol. The Hall–Kier alpha value is -3.68. The van der Waals surface area contributed by atoms with Crippen LogP contribution < -0.4 is 0 Å². The first-order valence-electron chi connectivity index (χ1n) is 9.31. The molecule has 0 bridgehead atoms. The minimum Gasteiger partial charge on any atom is -0.258 e. The molecule has 150 valence electrons. The van der Waals surface area contributed by atoms with Crippen molar-refractivity contribution in [2.75, 3.05) is 0 Å². The molecule has 0 unspecified atom stereocenters. The minimum absolute atomic E-state index is 0.0212. The van der Waals surface area contributed by atoms with Gasteiger partial charge in [0.1, 0.15) is 0 Å².